The predicted octanol–water partition coefficient (Wildman–Crippen LogP) is 8.04. The van der Waals surface area contributed by atoms with Gasteiger partial charge in [-0.3, -0.25) is 4.79 Å². The van der Waals surface area contributed by atoms with Crippen LogP contribution < -0.4 is 4.74 Å². The molecule has 43 heavy (non-hydrogen) atoms. The van der Waals surface area contributed by atoms with Gasteiger partial charge < -0.3 is 23.7 Å². The fraction of sp³-hybridized carbons (Fsp3) is 0.583. The second-order valence-corrected chi connectivity index (χ2v) is 18.5. The Morgan fingerprint density at radius 1 is 1.07 bits per heavy atom. The number of aliphatic hydroxyl groups is 1. The van der Waals surface area contributed by atoms with Crippen molar-refractivity contribution in [3.8, 4) is 5.75 Å². The molecular formula is C36H52O6Si. The number of carbonyl (C=O) groups excluding carboxylic acids is 1. The number of esters is 1. The number of allylic oxidation sites excluding steroid dienone is 2. The van der Waals surface area contributed by atoms with E-state index < -0.39 is 14.4 Å². The highest BCUT2D eigenvalue weighted by Crippen LogP contribution is 2.49. The molecule has 7 heteroatoms. The van der Waals surface area contributed by atoms with E-state index in [2.05, 4.69) is 76.3 Å². The lowest BCUT2D eigenvalue weighted by Crippen LogP contribution is -2.44. The molecule has 1 saturated carbocycles. The van der Waals surface area contributed by atoms with Crippen LogP contribution in [-0.4, -0.2) is 45.8 Å². The van der Waals surface area contributed by atoms with Gasteiger partial charge in [-0.05, 0) is 97.0 Å². The summed E-state index contributed by atoms with van der Waals surface area (Å²) in [6.07, 6.45) is 9.39. The third kappa shape index (κ3) is 8.38. The minimum absolute atomic E-state index is 0.0183. The Balaban J connectivity index is 1.50. The van der Waals surface area contributed by atoms with Crippen LogP contribution in [0, 0.1) is 5.92 Å². The predicted molar refractivity (Wildman–Crippen MR) is 174 cm³/mol. The summed E-state index contributed by atoms with van der Waals surface area (Å²) in [5, 5.41) is 11.4. The Bertz CT molecular complexity index is 1230. The molecule has 2 aromatic carbocycles. The van der Waals surface area contributed by atoms with Crippen LogP contribution in [0.3, 0.4) is 0 Å². The molecule has 0 radical (unpaired) electrons. The average Bonchev–Trinajstić information content (AvgIpc) is 3.51. The van der Waals surface area contributed by atoms with Crippen molar-refractivity contribution in [3.63, 3.8) is 0 Å². The maximum absolute atomic E-state index is 11.4. The van der Waals surface area contributed by atoms with Crippen molar-refractivity contribution >= 4 is 14.3 Å². The van der Waals surface area contributed by atoms with Crippen molar-refractivity contribution in [2.45, 2.75) is 115 Å². The second-order valence-electron chi connectivity index (χ2n) is 13.7. The van der Waals surface area contributed by atoms with Gasteiger partial charge >= 0.3 is 5.97 Å². The Labute approximate surface area is 259 Å². The summed E-state index contributed by atoms with van der Waals surface area (Å²) in [5.74, 6) is 0.875. The fourth-order valence-corrected chi connectivity index (χ4v) is 7.60. The second kappa shape index (κ2) is 14.6. The maximum Gasteiger partial charge on any atom is 0.305 e. The van der Waals surface area contributed by atoms with Crippen LogP contribution in [0.2, 0.25) is 18.1 Å². The van der Waals surface area contributed by atoms with Crippen molar-refractivity contribution in [2.75, 3.05) is 14.2 Å². The zero-order valence-electron chi connectivity index (χ0n) is 27.2. The quantitative estimate of drug-likeness (QED) is 0.107. The van der Waals surface area contributed by atoms with Crippen LogP contribution in [0.5, 0.6) is 5.75 Å². The molecule has 0 aliphatic heterocycles. The maximum atomic E-state index is 11.4. The molecule has 2 aromatic rings. The molecule has 1 unspecified atom stereocenters. The molecule has 0 saturated heterocycles. The van der Waals surface area contributed by atoms with E-state index in [-0.39, 0.29) is 35.1 Å². The molecule has 1 N–H and O–H groups in total. The van der Waals surface area contributed by atoms with Crippen molar-refractivity contribution in [1.82, 2.24) is 0 Å². The van der Waals surface area contributed by atoms with E-state index in [4.69, 9.17) is 18.6 Å². The highest BCUT2D eigenvalue weighted by atomic mass is 28.4. The smallest absolute Gasteiger partial charge is 0.305 e. The number of benzene rings is 2. The number of ether oxygens (including phenoxy) is 3. The molecule has 236 valence electrons. The lowest BCUT2D eigenvalue weighted by atomic mass is 9.83. The van der Waals surface area contributed by atoms with E-state index in [1.165, 1.54) is 23.8 Å². The summed E-state index contributed by atoms with van der Waals surface area (Å²) in [7, 11) is 1.06. The number of rotatable bonds is 13. The number of methoxy groups -OCH3 is 2. The Hall–Kier alpha value is -2.45. The number of carbonyl (C=O) groups is 1. The molecule has 2 aliphatic carbocycles. The number of hydrogen-bond acceptors (Lipinski definition) is 6. The molecule has 5 atom stereocenters. The molecule has 0 spiro atoms. The van der Waals surface area contributed by atoms with Gasteiger partial charge in [0.1, 0.15) is 5.75 Å². The standard InChI is InChI=1S/C36H52O6Si/c1-36(2,3)43(6,7)42-33-23-31(37)30(12-10-8-9-11-13-34(38)40-5)35(33)27-16-20-29-26(22-27)17-21-32(29)41-24-25-14-18-28(39-4)19-15-25/h8,10,14-16,18-20,22,30-33,35,37H,9,11-13,17,21,23-24H2,1-7H3/b10-8-/t30-,31-,32?,33+,35+/m0/s1. The van der Waals surface area contributed by atoms with Gasteiger partial charge in [0.05, 0.1) is 39.1 Å². The average molecular weight is 609 g/mol. The molecule has 0 heterocycles. The molecule has 6 nitrogen and oxygen atoms in total. The number of hydrogen-bond donors (Lipinski definition) is 1. The van der Waals surface area contributed by atoms with Crippen LogP contribution in [0.25, 0.3) is 0 Å². The van der Waals surface area contributed by atoms with Crippen molar-refractivity contribution in [1.29, 1.82) is 0 Å². The first-order chi connectivity index (χ1) is 20.4. The third-order valence-electron chi connectivity index (χ3n) is 9.82. The van der Waals surface area contributed by atoms with Crippen LogP contribution in [-0.2, 0) is 31.7 Å². The zero-order valence-corrected chi connectivity index (χ0v) is 28.2. The molecule has 1 fully saturated rings. The van der Waals surface area contributed by atoms with Gasteiger partial charge in [0.2, 0.25) is 0 Å². The Morgan fingerprint density at radius 2 is 1.81 bits per heavy atom. The fourth-order valence-electron chi connectivity index (χ4n) is 6.25. The third-order valence-corrected chi connectivity index (χ3v) is 14.3. The molecule has 0 aromatic heterocycles. The molecule has 0 bridgehead atoms. The van der Waals surface area contributed by atoms with E-state index in [1.807, 2.05) is 12.1 Å². The van der Waals surface area contributed by atoms with E-state index in [9.17, 15) is 9.90 Å². The summed E-state index contributed by atoms with van der Waals surface area (Å²) in [6, 6.07) is 14.9. The lowest BCUT2D eigenvalue weighted by Gasteiger charge is -2.40. The summed E-state index contributed by atoms with van der Waals surface area (Å²) < 4.78 is 23.4. The highest BCUT2D eigenvalue weighted by Gasteiger charge is 2.48. The van der Waals surface area contributed by atoms with E-state index in [0.717, 1.165) is 43.4 Å². The van der Waals surface area contributed by atoms with Gasteiger partial charge in [-0.1, -0.05) is 63.3 Å². The Morgan fingerprint density at radius 3 is 2.49 bits per heavy atom. The summed E-state index contributed by atoms with van der Waals surface area (Å²) in [5.41, 5.74) is 5.03. The van der Waals surface area contributed by atoms with Crippen LogP contribution in [0.1, 0.15) is 93.6 Å². The Kier molecular flexibility index (Phi) is 11.3. The van der Waals surface area contributed by atoms with E-state index >= 15 is 0 Å². The largest absolute Gasteiger partial charge is 0.497 e. The van der Waals surface area contributed by atoms with Gasteiger partial charge in [0.25, 0.3) is 0 Å². The summed E-state index contributed by atoms with van der Waals surface area (Å²) in [4.78, 5) is 11.4. The SMILES string of the molecule is COC(=O)CCC/C=C\C[C@@H]1[C@@H](c2ccc3c(c2)CCC3OCc2ccc(OC)cc2)[C@H](O[Si](C)(C)C(C)(C)C)C[C@@H]1O. The van der Waals surface area contributed by atoms with Gasteiger partial charge in [-0.2, -0.15) is 0 Å². The minimum Gasteiger partial charge on any atom is -0.497 e. The normalized spacial score (nSPS) is 24.0. The van der Waals surface area contributed by atoms with Crippen LogP contribution in [0.4, 0.5) is 0 Å². The van der Waals surface area contributed by atoms with Crippen molar-refractivity contribution in [3.05, 3.63) is 76.9 Å². The zero-order chi connectivity index (χ0) is 31.2. The minimum atomic E-state index is -2.05. The summed E-state index contributed by atoms with van der Waals surface area (Å²) in [6.45, 7) is 12.0. The lowest BCUT2D eigenvalue weighted by molar-refractivity contribution is -0.140. The number of aryl methyl sites for hydroxylation is 1. The topological polar surface area (TPSA) is 74.2 Å². The van der Waals surface area contributed by atoms with E-state index in [0.29, 0.717) is 19.4 Å². The monoisotopic (exact) mass is 608 g/mol. The van der Waals surface area contributed by atoms with Gasteiger partial charge in [-0.15, -0.1) is 0 Å². The molecule has 2 aliphatic rings. The first-order valence-corrected chi connectivity index (χ1v) is 18.8. The first-order valence-electron chi connectivity index (χ1n) is 15.9. The highest BCUT2D eigenvalue weighted by molar-refractivity contribution is 6.74. The van der Waals surface area contributed by atoms with Crippen LogP contribution >= 0.6 is 0 Å². The van der Waals surface area contributed by atoms with Gasteiger partial charge in [0.15, 0.2) is 8.32 Å². The number of aliphatic hydroxyl groups excluding tert-OH is 1. The van der Waals surface area contributed by atoms with Crippen molar-refractivity contribution < 1.29 is 28.5 Å². The molecule has 0 amide bonds. The first kappa shape index (κ1) is 33.4. The van der Waals surface area contributed by atoms with Crippen LogP contribution in [0.15, 0.2) is 54.6 Å². The molecular weight excluding hydrogens is 556 g/mol. The summed E-state index contributed by atoms with van der Waals surface area (Å²) >= 11 is 0. The van der Waals surface area contributed by atoms with Gasteiger partial charge in [0, 0.05) is 12.3 Å². The van der Waals surface area contributed by atoms with Crippen molar-refractivity contribution in [2.24, 2.45) is 5.92 Å². The molecule has 4 rings (SSSR count). The number of fused-ring (bicyclic) bond motifs is 1. The van der Waals surface area contributed by atoms with E-state index in [1.54, 1.807) is 7.11 Å². The number of unbranched alkanes of at least 4 members (excludes halogenated alkanes) is 1. The van der Waals surface area contributed by atoms with Gasteiger partial charge in [-0.25, -0.2) is 0 Å².